The van der Waals surface area contributed by atoms with E-state index >= 15 is 0 Å². The van der Waals surface area contributed by atoms with Crippen molar-refractivity contribution in [3.63, 3.8) is 0 Å². The van der Waals surface area contributed by atoms with Crippen molar-refractivity contribution in [1.82, 2.24) is 0 Å². The number of ether oxygens (including phenoxy) is 3. The third-order valence-corrected chi connectivity index (χ3v) is 37.8. The molecule has 682 valence electrons. The average Bonchev–Trinajstić information content (AvgIpc) is 0.682. The minimum absolute atomic E-state index is 0. The van der Waals surface area contributed by atoms with Gasteiger partial charge in [0.15, 0.2) is 28.8 Å². The van der Waals surface area contributed by atoms with E-state index in [2.05, 4.69) is 191 Å². The fourth-order valence-electron chi connectivity index (χ4n) is 27.6. The fourth-order valence-corrected chi connectivity index (χ4v) is 30.1. The van der Waals surface area contributed by atoms with Gasteiger partial charge in [-0.05, 0) is 316 Å². The number of rotatable bonds is 6. The van der Waals surface area contributed by atoms with Gasteiger partial charge in [0.2, 0.25) is 5.78 Å². The summed E-state index contributed by atoms with van der Waals surface area (Å²) < 4.78 is 15.4. The Balaban J connectivity index is 0.000000197. The van der Waals surface area contributed by atoms with Crippen LogP contribution in [0.5, 0.6) is 23.0 Å². The molecule has 9 fully saturated rings. The summed E-state index contributed by atoms with van der Waals surface area (Å²) in [5.74, 6) is -0.106. The average molecular weight is 1760 g/mol. The van der Waals surface area contributed by atoms with Gasteiger partial charge in [0.25, 0.3) is 0 Å². The lowest BCUT2D eigenvalue weighted by Crippen LogP contribution is -2.62. The Labute approximate surface area is 760 Å². The normalized spacial score (nSPS) is 38.8. The van der Waals surface area contributed by atoms with E-state index in [1.807, 2.05) is 70.3 Å². The zero-order chi connectivity index (χ0) is 92.3. The van der Waals surface area contributed by atoms with E-state index in [1.54, 1.807) is 11.6 Å². The number of aromatic hydroxyl groups is 2. The number of carbonyl (C=O) groups is 5. The minimum Gasteiger partial charge on any atom is -0.504 e. The molecule has 15 rings (SSSR count). The van der Waals surface area contributed by atoms with E-state index in [1.165, 1.54) is 86.8 Å². The number of aliphatic hydroxyl groups is 2. The number of phenols is 2. The second kappa shape index (κ2) is 35.4. The highest BCUT2D eigenvalue weighted by atomic mass is 32.2. The van der Waals surface area contributed by atoms with Gasteiger partial charge in [-0.15, -0.1) is 23.5 Å². The number of hydrogen-bond donors (Lipinski definition) is 5. The smallest absolute Gasteiger partial charge is 0.310 e. The molecule has 0 heterocycles. The third kappa shape index (κ3) is 17.0. The standard InChI is InChI=1S/C36H49NO4S.C32H45NO2S.C29H37NO2.C4H6O3.C3H8S.CH4O.CH4/c1-21(2)42-27-18-28-34(8,25-17-26(40-23(4)38)31(41-24(5)39)22(3)30(25)27)14-16-36(10)29-19-32(6,20-37)11-12-33(29,7)13-15-35(28,36)9;1-19(2)36-23-16-24-30(6,21-15-22(34)27(35)20(3)26(21)23)12-14-32(8)25-17-28(4,18-33)9-10-29(25,5)11-13-31(24,32)7;1-18-19-7-8-22-27(4,20(19)15-21(31)24(18)32)12-14-29(6)23-16-25(2,17-30)9-10-26(23,3)11-13-28(22,29)5;1-3(5)7-4(2)6;1-3(2)4;1-2;/h17-18,21,27,29H,11-16,19H2,1-10H3;15-16,19,23,25,34-35H,9-14,17H2,1-8H3;7-8,15,23,32H,9-14,16H2,1-6H3;1-2H3;3-4H,1-2H3;2H,1H3;1H4/t27?,29-,32-,33-,34+,35-,36+;23?,25-,28-,29-,30+,31-,32+;23-,25-,26-,27+,28-,29+;;;;/m111..../s1. The molecule has 0 aliphatic heterocycles. The van der Waals surface area contributed by atoms with Crippen LogP contribution in [0.4, 0.5) is 0 Å². The molecule has 0 radical (unpaired) electrons. The molecule has 0 bridgehead atoms. The Morgan fingerprint density at radius 1 is 0.476 bits per heavy atom. The van der Waals surface area contributed by atoms with Crippen molar-refractivity contribution in [2.24, 2.45) is 88.1 Å². The van der Waals surface area contributed by atoms with Gasteiger partial charge in [0.05, 0.1) is 34.5 Å². The highest BCUT2D eigenvalue weighted by molar-refractivity contribution is 8.00. The first-order valence-corrected chi connectivity index (χ1v) is 48.2. The van der Waals surface area contributed by atoms with Crippen molar-refractivity contribution < 1.29 is 58.6 Å². The quantitative estimate of drug-likeness (QED) is 0.0449. The number of thiol groups is 1. The molecule has 18 heteroatoms. The topological polar surface area (TPSA) is 265 Å². The molecule has 13 aliphatic rings. The highest BCUT2D eigenvalue weighted by Crippen LogP contribution is 2.80. The van der Waals surface area contributed by atoms with Crippen LogP contribution < -0.4 is 9.47 Å². The van der Waals surface area contributed by atoms with E-state index in [4.69, 9.17) is 14.6 Å². The van der Waals surface area contributed by atoms with E-state index in [-0.39, 0.29) is 111 Å². The van der Waals surface area contributed by atoms with Crippen LogP contribution >= 0.6 is 36.2 Å². The first-order chi connectivity index (χ1) is 56.8. The minimum atomic E-state index is -0.562. The third-order valence-electron chi connectivity index (χ3n) is 35.4. The zero-order valence-corrected chi connectivity index (χ0v) is 82.7. The lowest BCUT2D eigenvalue weighted by molar-refractivity contribution is -0.156. The van der Waals surface area contributed by atoms with Crippen molar-refractivity contribution in [3.8, 4) is 41.2 Å². The van der Waals surface area contributed by atoms with Gasteiger partial charge in [0, 0.05) is 72.7 Å². The molecule has 2 aromatic rings. The van der Waals surface area contributed by atoms with Crippen LogP contribution in [0.1, 0.15) is 366 Å². The second-order valence-electron chi connectivity index (χ2n) is 44.4. The maximum absolute atomic E-state index is 12.6. The first-order valence-electron chi connectivity index (χ1n) is 45.8. The van der Waals surface area contributed by atoms with Crippen molar-refractivity contribution in [1.29, 1.82) is 15.8 Å². The molecule has 15 nitrogen and oxygen atoms in total. The van der Waals surface area contributed by atoms with Crippen molar-refractivity contribution >= 4 is 65.8 Å². The Hall–Kier alpha value is -6.49. The SMILES string of the molecule is C.CC(=O)OC(C)=O.CC(=O)Oc1cc2c(c(C)c1OC(C)=O)C(SC(C)C)C=C1[C@@]2(C)CC[C@@]2(C)[C@@H]3C[C@](C)(C#N)CC[C@]3(C)CC[C@]12C.CC(C)S.CC1=C(O)C(=O)C=C2C1=CC=C1[C@@]2(C)CC[C@@]2(C)[C@@H]3C[C@](C)(C#N)CC[C@]3(C)CC[C@]12C.CO.Cc1c(O)c(O)cc2c1C(SC(C)C)C=C1[C@@]2(C)CC[C@@]2(C)[C@@H]3C[C@](C)(C#N)CC[C@]3(C)CC[C@]12C. The molecule has 0 aromatic heterocycles. The number of benzene rings is 2. The summed E-state index contributed by atoms with van der Waals surface area (Å²) in [5, 5.41) is 70.6. The zero-order valence-electron chi connectivity index (χ0n) is 80.2. The van der Waals surface area contributed by atoms with Crippen molar-refractivity contribution in [2.45, 2.75) is 373 Å². The van der Waals surface area contributed by atoms with Crippen LogP contribution in [0.2, 0.25) is 0 Å². The van der Waals surface area contributed by atoms with E-state index in [0.29, 0.717) is 61.4 Å². The number of hydrogen-bond acceptors (Lipinski definition) is 18. The van der Waals surface area contributed by atoms with Gasteiger partial charge in [-0.1, -0.05) is 173 Å². The molecule has 0 saturated heterocycles. The van der Waals surface area contributed by atoms with Crippen molar-refractivity contribution in [2.75, 3.05) is 7.11 Å². The molecule has 0 spiro atoms. The van der Waals surface area contributed by atoms with Crippen LogP contribution in [-0.2, 0) is 39.5 Å². The van der Waals surface area contributed by atoms with Gasteiger partial charge in [0.1, 0.15) is 0 Å². The van der Waals surface area contributed by atoms with Crippen LogP contribution in [0.25, 0.3) is 0 Å². The maximum atomic E-state index is 12.6. The number of thioether (sulfide) groups is 2. The Morgan fingerprint density at radius 3 is 1.17 bits per heavy atom. The summed E-state index contributed by atoms with van der Waals surface area (Å²) in [6.45, 7) is 60.3. The summed E-state index contributed by atoms with van der Waals surface area (Å²) in [5.41, 5.74) is 13.8. The summed E-state index contributed by atoms with van der Waals surface area (Å²) in [6.07, 6.45) is 34.1. The monoisotopic (exact) mass is 1760 g/mol. The molecular formula is C106H153N3O12S3. The van der Waals surface area contributed by atoms with Crippen molar-refractivity contribution in [3.05, 3.63) is 115 Å². The fraction of sp³-hybridized carbons (Fsp3) is 0.698. The molecule has 124 heavy (non-hydrogen) atoms. The van der Waals surface area contributed by atoms with Crippen LogP contribution in [-0.4, -0.2) is 72.9 Å². The predicted octanol–water partition coefficient (Wildman–Crippen LogP) is 26.7. The number of fused-ring (bicyclic) bond motifs is 21. The van der Waals surface area contributed by atoms with E-state index in [9.17, 15) is 55.1 Å². The molecule has 20 atom stereocenters. The van der Waals surface area contributed by atoms with Crippen LogP contribution in [0.3, 0.4) is 0 Å². The molecule has 2 aromatic carbocycles. The van der Waals surface area contributed by atoms with Gasteiger partial charge >= 0.3 is 23.9 Å². The molecular weight excluding hydrogens is 1600 g/mol. The van der Waals surface area contributed by atoms with E-state index < -0.39 is 23.9 Å². The maximum Gasteiger partial charge on any atom is 0.310 e. The molecule has 9 saturated carbocycles. The lowest BCUT2D eigenvalue weighted by atomic mass is 9.34. The van der Waals surface area contributed by atoms with Gasteiger partial charge < -0.3 is 34.6 Å². The number of allylic oxidation sites excluding steroid dienone is 9. The number of carbonyl (C=O) groups excluding carboxylic acids is 5. The highest BCUT2D eigenvalue weighted by Gasteiger charge is 2.71. The van der Waals surface area contributed by atoms with Gasteiger partial charge in [-0.2, -0.15) is 28.4 Å². The molecule has 2 unspecified atom stereocenters. The number of ketones is 1. The Morgan fingerprint density at radius 2 is 0.823 bits per heavy atom. The molecule has 0 amide bonds. The molecule has 13 aliphatic carbocycles. The van der Waals surface area contributed by atoms with Crippen LogP contribution in [0, 0.1) is 136 Å². The van der Waals surface area contributed by atoms with Crippen LogP contribution in [0.15, 0.2) is 81.7 Å². The summed E-state index contributed by atoms with van der Waals surface area (Å²) in [4.78, 5) is 56.6. The summed E-state index contributed by atoms with van der Waals surface area (Å²) >= 11 is 7.85. The number of nitriles is 3. The predicted molar refractivity (Wildman–Crippen MR) is 506 cm³/mol. The molecule has 4 N–H and O–H groups in total. The summed E-state index contributed by atoms with van der Waals surface area (Å²) in [7, 11) is 1.00. The number of aliphatic hydroxyl groups excluding tert-OH is 2. The first kappa shape index (κ1) is 101. The van der Waals surface area contributed by atoms with E-state index in [0.717, 1.165) is 139 Å². The Bertz CT molecular complexity index is 4890. The lowest BCUT2D eigenvalue weighted by Gasteiger charge is -2.70. The van der Waals surface area contributed by atoms with Gasteiger partial charge in [-0.25, -0.2) is 0 Å². The summed E-state index contributed by atoms with van der Waals surface area (Å²) in [6, 6.07) is 12.0. The Kier molecular flexibility index (Phi) is 28.9. The number of nitrogens with zero attached hydrogens (tertiary/aromatic N) is 3. The number of esters is 4. The number of phenolic OH excluding ortho intramolecular Hbond substituents is 2. The van der Waals surface area contributed by atoms with Gasteiger partial charge in [-0.3, -0.25) is 24.0 Å². The largest absolute Gasteiger partial charge is 0.504 e. The second-order valence-corrected chi connectivity index (χ2v) is 48.9.